The molecule has 0 radical (unpaired) electrons. The maximum absolute atomic E-state index is 6.35. The first kappa shape index (κ1) is 15.5. The number of aryl methyl sites for hydroxylation is 1. The highest BCUT2D eigenvalue weighted by atomic mass is 79.9. The van der Waals surface area contributed by atoms with Crippen LogP contribution < -0.4 is 5.73 Å². The molecule has 0 unspecified atom stereocenters. The molecule has 0 spiro atoms. The van der Waals surface area contributed by atoms with Crippen molar-refractivity contribution >= 4 is 28.3 Å². The minimum absolute atomic E-state index is 0. The van der Waals surface area contributed by atoms with Gasteiger partial charge in [0.2, 0.25) is 0 Å². The second-order valence-electron chi connectivity index (χ2n) is 5.12. The number of nitrogens with zero attached hydrogens (tertiary/aromatic N) is 3. The van der Waals surface area contributed by atoms with Crippen LogP contribution in [0, 0.1) is 0 Å². The van der Waals surface area contributed by atoms with Gasteiger partial charge in [0.05, 0.1) is 5.54 Å². The molecule has 0 aromatic carbocycles. The van der Waals surface area contributed by atoms with Crippen molar-refractivity contribution in [3.63, 3.8) is 0 Å². The summed E-state index contributed by atoms with van der Waals surface area (Å²) in [6.07, 6.45) is 6.15. The Morgan fingerprint density at radius 2 is 2.15 bits per heavy atom. The van der Waals surface area contributed by atoms with Crippen molar-refractivity contribution in [2.24, 2.45) is 5.73 Å². The molecule has 0 saturated heterocycles. The van der Waals surface area contributed by atoms with Crippen LogP contribution in [0.3, 0.4) is 0 Å². The van der Waals surface area contributed by atoms with E-state index < -0.39 is 5.54 Å². The van der Waals surface area contributed by atoms with Crippen LogP contribution in [0.1, 0.15) is 38.4 Å². The van der Waals surface area contributed by atoms with Gasteiger partial charge in [0, 0.05) is 17.2 Å². The molecule has 110 valence electrons. The molecule has 1 aliphatic rings. The number of rotatable bonds is 3. The van der Waals surface area contributed by atoms with Crippen LogP contribution in [0.15, 0.2) is 21.3 Å². The first-order valence-electron chi connectivity index (χ1n) is 6.61. The topological polar surface area (TPSA) is 69.9 Å². The molecule has 1 aliphatic carbocycles. The normalized spacial score (nSPS) is 17.1. The number of hydrogen-bond acceptors (Lipinski definition) is 4. The molecular weight excluding hydrogens is 344 g/mol. The Hall–Kier alpha value is -0.850. The fourth-order valence-electron chi connectivity index (χ4n) is 2.67. The van der Waals surface area contributed by atoms with Gasteiger partial charge in [0.1, 0.15) is 5.69 Å². The lowest BCUT2D eigenvalue weighted by Crippen LogP contribution is -2.34. The average molecular weight is 362 g/mol. The van der Waals surface area contributed by atoms with Gasteiger partial charge >= 0.3 is 0 Å². The number of nitrogens with two attached hydrogens (primary N) is 1. The summed E-state index contributed by atoms with van der Waals surface area (Å²) >= 11 is 3.47. The van der Waals surface area contributed by atoms with E-state index in [2.05, 4.69) is 37.6 Å². The highest BCUT2D eigenvalue weighted by Crippen LogP contribution is 2.35. The second kappa shape index (κ2) is 5.87. The summed E-state index contributed by atoms with van der Waals surface area (Å²) < 4.78 is 8.48. The average Bonchev–Trinajstić information content (AvgIpc) is 3.07. The molecule has 0 bridgehead atoms. The van der Waals surface area contributed by atoms with E-state index in [0.29, 0.717) is 11.7 Å². The molecule has 1 fully saturated rings. The highest BCUT2D eigenvalue weighted by Gasteiger charge is 2.36. The Labute approximate surface area is 132 Å². The van der Waals surface area contributed by atoms with Gasteiger partial charge in [0.15, 0.2) is 5.82 Å². The van der Waals surface area contributed by atoms with Crippen molar-refractivity contribution in [2.75, 3.05) is 0 Å². The molecule has 2 aromatic heterocycles. The maximum atomic E-state index is 6.35. The zero-order valence-electron chi connectivity index (χ0n) is 11.3. The lowest BCUT2D eigenvalue weighted by atomic mass is 9.99. The summed E-state index contributed by atoms with van der Waals surface area (Å²) in [5, 5.41) is 4.09. The van der Waals surface area contributed by atoms with Gasteiger partial charge in [-0.1, -0.05) is 18.0 Å². The van der Waals surface area contributed by atoms with E-state index in [9.17, 15) is 0 Å². The minimum Gasteiger partial charge on any atom is -0.343 e. The van der Waals surface area contributed by atoms with Gasteiger partial charge in [0.25, 0.3) is 5.89 Å². The van der Waals surface area contributed by atoms with Crippen molar-refractivity contribution in [3.8, 4) is 11.6 Å². The zero-order valence-corrected chi connectivity index (χ0v) is 13.7. The molecule has 5 nitrogen and oxygen atoms in total. The Bertz CT molecular complexity index is 589. The van der Waals surface area contributed by atoms with Crippen LogP contribution in [-0.4, -0.2) is 14.7 Å². The van der Waals surface area contributed by atoms with Gasteiger partial charge in [-0.05, 0) is 41.8 Å². The van der Waals surface area contributed by atoms with Crippen LogP contribution >= 0.6 is 28.3 Å². The summed E-state index contributed by atoms with van der Waals surface area (Å²) in [6.45, 7) is 2.93. The molecule has 0 aliphatic heterocycles. The van der Waals surface area contributed by atoms with E-state index in [4.69, 9.17) is 10.3 Å². The molecule has 7 heteroatoms. The van der Waals surface area contributed by atoms with Crippen molar-refractivity contribution in [1.29, 1.82) is 0 Å². The van der Waals surface area contributed by atoms with E-state index in [0.717, 1.165) is 42.4 Å². The predicted octanol–water partition coefficient (Wildman–Crippen LogP) is 3.47. The number of hydrogen-bond donors (Lipinski definition) is 1. The Morgan fingerprint density at radius 1 is 1.45 bits per heavy atom. The second-order valence-corrected chi connectivity index (χ2v) is 6.03. The molecular formula is C13H18BrClN4O. The molecule has 2 heterocycles. The molecule has 20 heavy (non-hydrogen) atoms. The third kappa shape index (κ3) is 2.64. The zero-order chi connectivity index (χ0) is 13.5. The quantitative estimate of drug-likeness (QED) is 0.908. The first-order valence-corrected chi connectivity index (χ1v) is 7.41. The Morgan fingerprint density at radius 3 is 2.80 bits per heavy atom. The van der Waals surface area contributed by atoms with Gasteiger partial charge in [-0.15, -0.1) is 12.4 Å². The largest absolute Gasteiger partial charge is 0.343 e. The Kier molecular flexibility index (Phi) is 4.56. The standard InChI is InChI=1S/C13H17BrN4O.ClH/c1-2-18-8-9(14)7-10(18)11-16-12(17-19-11)13(15)5-3-4-6-13;/h7-8H,2-6,15H2,1H3;1H. The van der Waals surface area contributed by atoms with E-state index in [1.54, 1.807) is 0 Å². The number of aromatic nitrogens is 3. The fourth-order valence-corrected chi connectivity index (χ4v) is 3.14. The van der Waals surface area contributed by atoms with Crippen LogP contribution in [-0.2, 0) is 12.1 Å². The molecule has 1 saturated carbocycles. The third-order valence-electron chi connectivity index (χ3n) is 3.79. The summed E-state index contributed by atoms with van der Waals surface area (Å²) in [4.78, 5) is 4.51. The van der Waals surface area contributed by atoms with E-state index in [1.165, 1.54) is 0 Å². The molecule has 0 atom stereocenters. The van der Waals surface area contributed by atoms with Crippen LogP contribution in [0.5, 0.6) is 0 Å². The molecule has 3 rings (SSSR count). The van der Waals surface area contributed by atoms with Gasteiger partial charge in [-0.3, -0.25) is 0 Å². The molecule has 2 N–H and O–H groups in total. The fraction of sp³-hybridized carbons (Fsp3) is 0.538. The van der Waals surface area contributed by atoms with Crippen molar-refractivity contribution in [2.45, 2.75) is 44.7 Å². The smallest absolute Gasteiger partial charge is 0.274 e. The van der Waals surface area contributed by atoms with Crippen molar-refractivity contribution in [3.05, 3.63) is 22.6 Å². The third-order valence-corrected chi connectivity index (χ3v) is 4.22. The van der Waals surface area contributed by atoms with Crippen LogP contribution in [0.25, 0.3) is 11.6 Å². The van der Waals surface area contributed by atoms with Crippen molar-refractivity contribution < 1.29 is 4.52 Å². The highest BCUT2D eigenvalue weighted by molar-refractivity contribution is 9.10. The molecule has 2 aromatic rings. The van der Waals surface area contributed by atoms with Gasteiger partial charge in [-0.25, -0.2) is 0 Å². The van der Waals surface area contributed by atoms with Gasteiger partial charge < -0.3 is 14.8 Å². The first-order chi connectivity index (χ1) is 9.12. The van der Waals surface area contributed by atoms with Gasteiger partial charge in [-0.2, -0.15) is 4.98 Å². The van der Waals surface area contributed by atoms with Crippen LogP contribution in [0.2, 0.25) is 0 Å². The van der Waals surface area contributed by atoms with Crippen molar-refractivity contribution in [1.82, 2.24) is 14.7 Å². The SMILES string of the molecule is CCn1cc(Br)cc1-c1nc(C2(N)CCCC2)no1.Cl. The number of halogens is 2. The lowest BCUT2D eigenvalue weighted by Gasteiger charge is -2.17. The van der Waals surface area contributed by atoms with E-state index in [1.807, 2.05) is 12.3 Å². The minimum atomic E-state index is -0.400. The summed E-state index contributed by atoms with van der Waals surface area (Å²) in [6, 6.07) is 1.98. The van der Waals surface area contributed by atoms with E-state index >= 15 is 0 Å². The van der Waals surface area contributed by atoms with Crippen LogP contribution in [0.4, 0.5) is 0 Å². The Balaban J connectivity index is 0.00000147. The summed E-state index contributed by atoms with van der Waals surface area (Å²) in [5.74, 6) is 1.18. The summed E-state index contributed by atoms with van der Waals surface area (Å²) in [5.41, 5.74) is 6.87. The molecule has 0 amide bonds. The predicted molar refractivity (Wildman–Crippen MR) is 82.7 cm³/mol. The van der Waals surface area contributed by atoms with E-state index in [-0.39, 0.29) is 12.4 Å². The summed E-state index contributed by atoms with van der Waals surface area (Å²) in [7, 11) is 0. The lowest BCUT2D eigenvalue weighted by molar-refractivity contribution is 0.371. The maximum Gasteiger partial charge on any atom is 0.274 e. The monoisotopic (exact) mass is 360 g/mol.